The molecule has 0 spiro atoms. The van der Waals surface area contributed by atoms with Gasteiger partial charge in [0.1, 0.15) is 0 Å². The van der Waals surface area contributed by atoms with E-state index in [1.54, 1.807) is 0 Å². The smallest absolute Gasteiger partial charge is 0.160 e. The molecule has 21 heavy (non-hydrogen) atoms. The molecule has 2 aliphatic carbocycles. The standard InChI is InChI=1S/C18H29FO2/c1-2-13-11-20-18(21-12-13)16-5-3-14(4-6-16)15-7-9-17(19)10-8-15/h9,13-16,18H,2-8,10-12H2,1H3. The summed E-state index contributed by atoms with van der Waals surface area (Å²) in [5.74, 6) is 2.77. The molecule has 3 heteroatoms. The Labute approximate surface area is 128 Å². The quantitative estimate of drug-likeness (QED) is 0.741. The fourth-order valence-electron chi connectivity index (χ4n) is 4.21. The molecule has 2 nitrogen and oxygen atoms in total. The first-order chi connectivity index (χ1) is 10.3. The molecule has 0 aromatic heterocycles. The summed E-state index contributed by atoms with van der Waals surface area (Å²) >= 11 is 0. The summed E-state index contributed by atoms with van der Waals surface area (Å²) in [7, 11) is 0. The van der Waals surface area contributed by atoms with Gasteiger partial charge in [-0.05, 0) is 63.2 Å². The molecule has 1 atom stereocenters. The first kappa shape index (κ1) is 15.5. The van der Waals surface area contributed by atoms with Gasteiger partial charge in [0, 0.05) is 11.8 Å². The van der Waals surface area contributed by atoms with Gasteiger partial charge in [-0.25, -0.2) is 4.39 Å². The molecule has 0 bridgehead atoms. The van der Waals surface area contributed by atoms with Crippen molar-refractivity contribution in [1.29, 1.82) is 0 Å². The molecule has 1 unspecified atom stereocenters. The number of rotatable bonds is 3. The highest BCUT2D eigenvalue weighted by Gasteiger charge is 2.34. The summed E-state index contributed by atoms with van der Waals surface area (Å²) < 4.78 is 25.0. The van der Waals surface area contributed by atoms with Crippen LogP contribution in [-0.4, -0.2) is 19.5 Å². The van der Waals surface area contributed by atoms with Crippen LogP contribution in [0.4, 0.5) is 4.39 Å². The van der Waals surface area contributed by atoms with Crippen LogP contribution in [0.2, 0.25) is 0 Å². The highest BCUT2D eigenvalue weighted by Crippen LogP contribution is 2.41. The van der Waals surface area contributed by atoms with Gasteiger partial charge in [-0.1, -0.05) is 13.0 Å². The van der Waals surface area contributed by atoms with Crippen LogP contribution in [0, 0.1) is 23.7 Å². The molecule has 120 valence electrons. The van der Waals surface area contributed by atoms with E-state index in [-0.39, 0.29) is 12.1 Å². The molecule has 3 rings (SSSR count). The van der Waals surface area contributed by atoms with Gasteiger partial charge < -0.3 is 9.47 Å². The van der Waals surface area contributed by atoms with Gasteiger partial charge in [0.2, 0.25) is 0 Å². The van der Waals surface area contributed by atoms with Crippen LogP contribution in [0.15, 0.2) is 11.9 Å². The monoisotopic (exact) mass is 296 g/mol. The molecule has 0 aromatic carbocycles. The minimum absolute atomic E-state index is 0.0393. The van der Waals surface area contributed by atoms with Crippen LogP contribution >= 0.6 is 0 Å². The lowest BCUT2D eigenvalue weighted by Crippen LogP contribution is -2.38. The van der Waals surface area contributed by atoms with Gasteiger partial charge in [-0.2, -0.15) is 0 Å². The second kappa shape index (κ2) is 7.23. The maximum atomic E-state index is 13.1. The lowest BCUT2D eigenvalue weighted by Gasteiger charge is -2.39. The Bertz CT molecular complexity index is 352. The summed E-state index contributed by atoms with van der Waals surface area (Å²) in [6, 6.07) is 0. The molecule has 3 aliphatic rings. The third-order valence-corrected chi connectivity index (χ3v) is 5.83. The molecule has 0 N–H and O–H groups in total. The summed E-state index contributed by atoms with van der Waals surface area (Å²) in [4.78, 5) is 0. The average molecular weight is 296 g/mol. The SMILES string of the molecule is CCC1COC(C2CCC(C3CC=C(F)CC3)CC2)OC1. The van der Waals surface area contributed by atoms with Crippen molar-refractivity contribution in [2.45, 2.75) is 64.6 Å². The van der Waals surface area contributed by atoms with Crippen LogP contribution in [0.5, 0.6) is 0 Å². The number of ether oxygens (including phenoxy) is 2. The molecular formula is C18H29FO2. The van der Waals surface area contributed by atoms with Crippen LogP contribution in [-0.2, 0) is 9.47 Å². The molecule has 1 aliphatic heterocycles. The van der Waals surface area contributed by atoms with Crippen molar-refractivity contribution in [1.82, 2.24) is 0 Å². The third kappa shape index (κ3) is 3.87. The summed E-state index contributed by atoms with van der Waals surface area (Å²) in [6.07, 6.45) is 10.6. The highest BCUT2D eigenvalue weighted by atomic mass is 19.1. The van der Waals surface area contributed by atoms with E-state index in [0.29, 0.717) is 24.2 Å². The maximum Gasteiger partial charge on any atom is 0.160 e. The van der Waals surface area contributed by atoms with Crippen LogP contribution in [0.1, 0.15) is 58.3 Å². The van der Waals surface area contributed by atoms with Crippen molar-refractivity contribution in [2.75, 3.05) is 13.2 Å². The van der Waals surface area contributed by atoms with Crippen molar-refractivity contribution < 1.29 is 13.9 Å². The molecule has 0 amide bonds. The van der Waals surface area contributed by atoms with Crippen molar-refractivity contribution >= 4 is 0 Å². The second-order valence-electron chi connectivity index (χ2n) is 7.17. The molecule has 1 heterocycles. The number of hydrogen-bond donors (Lipinski definition) is 0. The van der Waals surface area contributed by atoms with E-state index in [2.05, 4.69) is 6.92 Å². The van der Waals surface area contributed by atoms with E-state index < -0.39 is 0 Å². The average Bonchev–Trinajstić information content (AvgIpc) is 2.56. The fourth-order valence-corrected chi connectivity index (χ4v) is 4.21. The van der Waals surface area contributed by atoms with E-state index in [4.69, 9.17) is 9.47 Å². The first-order valence-electron chi connectivity index (χ1n) is 8.84. The van der Waals surface area contributed by atoms with Crippen LogP contribution < -0.4 is 0 Å². The molecule has 0 aromatic rings. The lowest BCUT2D eigenvalue weighted by molar-refractivity contribution is -0.229. The van der Waals surface area contributed by atoms with Crippen molar-refractivity contribution in [3.63, 3.8) is 0 Å². The zero-order valence-electron chi connectivity index (χ0n) is 13.2. The Morgan fingerprint density at radius 1 is 1.00 bits per heavy atom. The number of halogens is 1. The highest BCUT2D eigenvalue weighted by molar-refractivity contribution is 4.99. The fraction of sp³-hybridized carbons (Fsp3) is 0.889. The predicted molar refractivity (Wildman–Crippen MR) is 81.5 cm³/mol. The Kier molecular flexibility index (Phi) is 5.33. The van der Waals surface area contributed by atoms with Gasteiger partial charge in [0.25, 0.3) is 0 Å². The van der Waals surface area contributed by atoms with E-state index >= 15 is 0 Å². The van der Waals surface area contributed by atoms with Crippen molar-refractivity contribution in [3.05, 3.63) is 11.9 Å². The van der Waals surface area contributed by atoms with Crippen molar-refractivity contribution in [3.8, 4) is 0 Å². The van der Waals surface area contributed by atoms with E-state index in [1.807, 2.05) is 6.08 Å². The predicted octanol–water partition coefficient (Wildman–Crippen LogP) is 4.85. The Morgan fingerprint density at radius 2 is 1.67 bits per heavy atom. The minimum Gasteiger partial charge on any atom is -0.352 e. The maximum absolute atomic E-state index is 13.1. The third-order valence-electron chi connectivity index (χ3n) is 5.83. The summed E-state index contributed by atoms with van der Waals surface area (Å²) in [6.45, 7) is 3.94. The van der Waals surface area contributed by atoms with Crippen LogP contribution in [0.3, 0.4) is 0 Å². The molecule has 0 radical (unpaired) electrons. The summed E-state index contributed by atoms with van der Waals surface area (Å²) in [5, 5.41) is 0. The topological polar surface area (TPSA) is 18.5 Å². The molecule has 2 fully saturated rings. The van der Waals surface area contributed by atoms with Gasteiger partial charge in [0.15, 0.2) is 6.29 Å². The summed E-state index contributed by atoms with van der Waals surface area (Å²) in [5.41, 5.74) is 0. The van der Waals surface area contributed by atoms with E-state index in [1.165, 1.54) is 25.7 Å². The van der Waals surface area contributed by atoms with Gasteiger partial charge in [-0.15, -0.1) is 0 Å². The largest absolute Gasteiger partial charge is 0.352 e. The van der Waals surface area contributed by atoms with E-state index in [0.717, 1.165) is 38.4 Å². The van der Waals surface area contributed by atoms with Crippen LogP contribution in [0.25, 0.3) is 0 Å². The van der Waals surface area contributed by atoms with Gasteiger partial charge >= 0.3 is 0 Å². The number of hydrogen-bond acceptors (Lipinski definition) is 2. The Balaban J connectivity index is 1.43. The molecular weight excluding hydrogens is 267 g/mol. The lowest BCUT2D eigenvalue weighted by atomic mass is 9.72. The Morgan fingerprint density at radius 3 is 2.24 bits per heavy atom. The zero-order valence-corrected chi connectivity index (χ0v) is 13.2. The van der Waals surface area contributed by atoms with E-state index in [9.17, 15) is 4.39 Å². The normalized spacial score (nSPS) is 41.6. The molecule has 1 saturated heterocycles. The Hall–Kier alpha value is -0.410. The number of allylic oxidation sites excluding steroid dienone is 2. The van der Waals surface area contributed by atoms with Crippen molar-refractivity contribution in [2.24, 2.45) is 23.7 Å². The minimum atomic E-state index is 0.0393. The van der Waals surface area contributed by atoms with Gasteiger partial charge in [-0.3, -0.25) is 0 Å². The first-order valence-corrected chi connectivity index (χ1v) is 8.84. The zero-order chi connectivity index (χ0) is 14.7. The molecule has 1 saturated carbocycles. The van der Waals surface area contributed by atoms with Gasteiger partial charge in [0.05, 0.1) is 19.0 Å². The second-order valence-corrected chi connectivity index (χ2v) is 7.17.